The normalized spacial score (nSPS) is 13.0. The highest BCUT2D eigenvalue weighted by Gasteiger charge is 2.25. The van der Waals surface area contributed by atoms with Gasteiger partial charge in [-0.3, -0.25) is 4.79 Å². The lowest BCUT2D eigenvalue weighted by Gasteiger charge is -2.20. The van der Waals surface area contributed by atoms with Crippen molar-refractivity contribution in [3.63, 3.8) is 0 Å². The van der Waals surface area contributed by atoms with Crippen molar-refractivity contribution < 1.29 is 33.4 Å². The standard InChI is InChI=1S/C22H33N3O7/c1-7-8-18(27)31-12-15(26)11-23-19(13(2)3)22-24-21(25-32-22)14-9-16(28-4)20(30-6)17(10-14)29-5/h9-10,13,15,19,23,26H,7-8,11-12H2,1-6H3/t15-,19+/m1/s1. The number of aromatic nitrogens is 2. The lowest BCUT2D eigenvalue weighted by Crippen LogP contribution is -2.35. The van der Waals surface area contributed by atoms with Crippen molar-refractivity contribution in [1.82, 2.24) is 15.5 Å². The van der Waals surface area contributed by atoms with Gasteiger partial charge >= 0.3 is 5.97 Å². The minimum absolute atomic E-state index is 0.0723. The fourth-order valence-electron chi connectivity index (χ4n) is 3.08. The number of hydrogen-bond acceptors (Lipinski definition) is 10. The molecule has 1 aromatic heterocycles. The number of methoxy groups -OCH3 is 3. The van der Waals surface area contributed by atoms with E-state index in [1.165, 1.54) is 21.3 Å². The van der Waals surface area contributed by atoms with E-state index >= 15 is 0 Å². The van der Waals surface area contributed by atoms with Crippen LogP contribution in [-0.2, 0) is 9.53 Å². The van der Waals surface area contributed by atoms with E-state index in [0.29, 0.717) is 47.4 Å². The first-order valence-corrected chi connectivity index (χ1v) is 10.6. The van der Waals surface area contributed by atoms with E-state index in [1.54, 1.807) is 12.1 Å². The first kappa shape index (κ1) is 25.4. The van der Waals surface area contributed by atoms with E-state index in [4.69, 9.17) is 23.5 Å². The highest BCUT2D eigenvalue weighted by atomic mass is 16.5. The minimum atomic E-state index is -0.852. The fourth-order valence-corrected chi connectivity index (χ4v) is 3.08. The highest BCUT2D eigenvalue weighted by molar-refractivity contribution is 5.69. The molecule has 2 rings (SSSR count). The molecule has 2 aromatic rings. The maximum atomic E-state index is 11.5. The van der Waals surface area contributed by atoms with Crippen molar-refractivity contribution in [2.24, 2.45) is 5.92 Å². The molecule has 0 unspecified atom stereocenters. The molecule has 178 valence electrons. The third-order valence-electron chi connectivity index (χ3n) is 4.76. The van der Waals surface area contributed by atoms with Crippen molar-refractivity contribution in [3.8, 4) is 28.6 Å². The molecule has 10 heteroatoms. The van der Waals surface area contributed by atoms with Gasteiger partial charge in [-0.1, -0.05) is 25.9 Å². The summed E-state index contributed by atoms with van der Waals surface area (Å²) in [5, 5.41) is 17.5. The smallest absolute Gasteiger partial charge is 0.305 e. The molecule has 0 saturated heterocycles. The predicted octanol–water partition coefficient (Wildman–Crippen LogP) is 2.75. The van der Waals surface area contributed by atoms with Gasteiger partial charge in [0.2, 0.25) is 17.5 Å². The molecule has 0 amide bonds. The molecule has 0 spiro atoms. The largest absolute Gasteiger partial charge is 0.493 e. The van der Waals surface area contributed by atoms with Crippen LogP contribution in [0.15, 0.2) is 16.7 Å². The van der Waals surface area contributed by atoms with Gasteiger partial charge in [0.1, 0.15) is 12.7 Å². The molecule has 0 bridgehead atoms. The molecule has 1 heterocycles. The van der Waals surface area contributed by atoms with Gasteiger partial charge in [-0.2, -0.15) is 4.98 Å². The number of aliphatic hydroxyl groups excluding tert-OH is 1. The molecule has 32 heavy (non-hydrogen) atoms. The summed E-state index contributed by atoms with van der Waals surface area (Å²) in [6.45, 7) is 6.01. The molecule has 0 radical (unpaired) electrons. The van der Waals surface area contributed by atoms with E-state index in [9.17, 15) is 9.90 Å². The molecule has 0 aliphatic heterocycles. The van der Waals surface area contributed by atoms with Crippen LogP contribution in [0.4, 0.5) is 0 Å². The predicted molar refractivity (Wildman–Crippen MR) is 117 cm³/mol. The number of ether oxygens (including phenoxy) is 4. The number of benzene rings is 1. The molecule has 0 saturated carbocycles. The van der Waals surface area contributed by atoms with Crippen LogP contribution in [0.1, 0.15) is 45.5 Å². The van der Waals surface area contributed by atoms with Crippen LogP contribution in [-0.4, -0.2) is 61.8 Å². The topological polar surface area (TPSA) is 125 Å². The summed E-state index contributed by atoms with van der Waals surface area (Å²) >= 11 is 0. The zero-order valence-electron chi connectivity index (χ0n) is 19.5. The molecule has 0 aliphatic carbocycles. The van der Waals surface area contributed by atoms with Crippen LogP contribution in [0, 0.1) is 5.92 Å². The van der Waals surface area contributed by atoms with Crippen molar-refractivity contribution in [3.05, 3.63) is 18.0 Å². The molecule has 0 aliphatic rings. The monoisotopic (exact) mass is 451 g/mol. The van der Waals surface area contributed by atoms with E-state index in [1.807, 2.05) is 20.8 Å². The first-order valence-electron chi connectivity index (χ1n) is 10.6. The van der Waals surface area contributed by atoms with Gasteiger partial charge in [0, 0.05) is 18.5 Å². The first-order chi connectivity index (χ1) is 15.3. The van der Waals surface area contributed by atoms with Gasteiger partial charge in [0.05, 0.1) is 27.4 Å². The zero-order valence-corrected chi connectivity index (χ0v) is 19.5. The van der Waals surface area contributed by atoms with Gasteiger partial charge in [-0.05, 0) is 24.5 Å². The van der Waals surface area contributed by atoms with Crippen molar-refractivity contribution in [2.45, 2.75) is 45.8 Å². The summed E-state index contributed by atoms with van der Waals surface area (Å²) in [5.74, 6) is 1.94. The number of rotatable bonds is 13. The Labute approximate surface area is 188 Å². The summed E-state index contributed by atoms with van der Waals surface area (Å²) in [5.41, 5.74) is 0.639. The number of nitrogens with one attached hydrogen (secondary N) is 1. The lowest BCUT2D eigenvalue weighted by molar-refractivity contribution is -0.146. The summed E-state index contributed by atoms with van der Waals surface area (Å²) in [6.07, 6.45) is 0.184. The molecule has 0 fully saturated rings. The van der Waals surface area contributed by atoms with Crippen molar-refractivity contribution in [2.75, 3.05) is 34.5 Å². The quantitative estimate of drug-likeness (QED) is 0.439. The lowest BCUT2D eigenvalue weighted by atomic mass is 10.0. The Kier molecular flexibility index (Phi) is 9.73. The van der Waals surface area contributed by atoms with E-state index < -0.39 is 6.10 Å². The average molecular weight is 452 g/mol. The second kappa shape index (κ2) is 12.3. The number of aliphatic hydroxyl groups is 1. The second-order valence-corrected chi connectivity index (χ2v) is 7.59. The number of esters is 1. The summed E-state index contributed by atoms with van der Waals surface area (Å²) in [7, 11) is 4.60. The van der Waals surface area contributed by atoms with Crippen molar-refractivity contribution in [1.29, 1.82) is 0 Å². The Morgan fingerprint density at radius 1 is 1.16 bits per heavy atom. The van der Waals surface area contributed by atoms with E-state index in [-0.39, 0.29) is 31.1 Å². The number of hydrogen-bond donors (Lipinski definition) is 2. The van der Waals surface area contributed by atoms with E-state index in [2.05, 4.69) is 15.5 Å². The van der Waals surface area contributed by atoms with Crippen LogP contribution >= 0.6 is 0 Å². The minimum Gasteiger partial charge on any atom is -0.493 e. The van der Waals surface area contributed by atoms with Gasteiger partial charge in [-0.25, -0.2) is 0 Å². The highest BCUT2D eigenvalue weighted by Crippen LogP contribution is 2.40. The van der Waals surface area contributed by atoms with Crippen LogP contribution in [0.5, 0.6) is 17.2 Å². The maximum Gasteiger partial charge on any atom is 0.305 e. The van der Waals surface area contributed by atoms with Gasteiger partial charge < -0.3 is 33.9 Å². The van der Waals surface area contributed by atoms with Gasteiger partial charge in [-0.15, -0.1) is 0 Å². The third-order valence-corrected chi connectivity index (χ3v) is 4.76. The van der Waals surface area contributed by atoms with Gasteiger partial charge in [0.25, 0.3) is 0 Å². The maximum absolute atomic E-state index is 11.5. The van der Waals surface area contributed by atoms with Crippen LogP contribution in [0.2, 0.25) is 0 Å². The number of nitrogens with zero attached hydrogens (tertiary/aromatic N) is 2. The Morgan fingerprint density at radius 2 is 1.81 bits per heavy atom. The van der Waals surface area contributed by atoms with Crippen LogP contribution in [0.25, 0.3) is 11.4 Å². The zero-order chi connectivity index (χ0) is 23.7. The molecular weight excluding hydrogens is 418 g/mol. The fraction of sp³-hybridized carbons (Fsp3) is 0.591. The Balaban J connectivity index is 2.13. The molecule has 2 N–H and O–H groups in total. The summed E-state index contributed by atoms with van der Waals surface area (Å²) in [6, 6.07) is 3.17. The Morgan fingerprint density at radius 3 is 2.34 bits per heavy atom. The third kappa shape index (κ3) is 6.57. The number of carbonyl (C=O) groups excluding carboxylic acids is 1. The van der Waals surface area contributed by atoms with Gasteiger partial charge in [0.15, 0.2) is 11.5 Å². The molecule has 1 aromatic carbocycles. The Hall–Kier alpha value is -2.85. The Bertz CT molecular complexity index is 844. The average Bonchev–Trinajstić information content (AvgIpc) is 3.26. The second-order valence-electron chi connectivity index (χ2n) is 7.59. The summed E-state index contributed by atoms with van der Waals surface area (Å²) < 4.78 is 26.7. The molecule has 10 nitrogen and oxygen atoms in total. The molecular formula is C22H33N3O7. The summed E-state index contributed by atoms with van der Waals surface area (Å²) in [4.78, 5) is 16.0. The number of carbonyl (C=O) groups is 1. The van der Waals surface area contributed by atoms with Crippen molar-refractivity contribution >= 4 is 5.97 Å². The van der Waals surface area contributed by atoms with Crippen LogP contribution in [0.3, 0.4) is 0 Å². The van der Waals surface area contributed by atoms with E-state index in [0.717, 1.165) is 0 Å². The molecule has 2 atom stereocenters. The SMILES string of the molecule is CCCC(=O)OC[C@H](O)CN[C@H](c1nc(-c2cc(OC)c(OC)c(OC)c2)no1)C(C)C. The van der Waals surface area contributed by atoms with Crippen LogP contribution < -0.4 is 19.5 Å².